The molecule has 0 saturated carbocycles. The van der Waals surface area contributed by atoms with Crippen LogP contribution >= 0.6 is 15.9 Å². The van der Waals surface area contributed by atoms with Crippen LogP contribution in [0.2, 0.25) is 0 Å². The fraction of sp³-hybridized carbons (Fsp3) is 0.182. The lowest BCUT2D eigenvalue weighted by molar-refractivity contribution is 0.0600. The second kappa shape index (κ2) is 4.06. The highest BCUT2D eigenvalue weighted by atomic mass is 79.9. The number of ether oxygens (including phenoxy) is 2. The van der Waals surface area contributed by atoms with Gasteiger partial charge in [-0.1, -0.05) is 6.08 Å². The molecule has 0 aliphatic carbocycles. The lowest BCUT2D eigenvalue weighted by atomic mass is 10.1. The molecule has 2 rings (SSSR count). The van der Waals surface area contributed by atoms with Crippen LogP contribution < -0.4 is 4.74 Å². The zero-order chi connectivity index (χ0) is 10.8. The first kappa shape index (κ1) is 10.2. The van der Waals surface area contributed by atoms with Gasteiger partial charge < -0.3 is 9.47 Å². The van der Waals surface area contributed by atoms with Crippen LogP contribution in [0.3, 0.4) is 0 Å². The maximum Gasteiger partial charge on any atom is 0.337 e. The van der Waals surface area contributed by atoms with Crippen LogP contribution in [0.15, 0.2) is 22.7 Å². The monoisotopic (exact) mass is 268 g/mol. The fourth-order valence-corrected chi connectivity index (χ4v) is 2.02. The third-order valence-corrected chi connectivity index (χ3v) is 2.70. The van der Waals surface area contributed by atoms with E-state index in [4.69, 9.17) is 4.74 Å². The average Bonchev–Trinajstić information content (AvgIpc) is 2.28. The number of fused-ring (bicyclic) bond motifs is 1. The van der Waals surface area contributed by atoms with Crippen LogP contribution in [-0.4, -0.2) is 19.7 Å². The van der Waals surface area contributed by atoms with E-state index in [2.05, 4.69) is 20.7 Å². The van der Waals surface area contributed by atoms with Crippen LogP contribution in [-0.2, 0) is 4.74 Å². The quantitative estimate of drug-likeness (QED) is 0.735. The number of hydrogen-bond donors (Lipinski definition) is 0. The summed E-state index contributed by atoms with van der Waals surface area (Å²) >= 11 is 3.36. The van der Waals surface area contributed by atoms with Crippen molar-refractivity contribution in [3.05, 3.63) is 33.8 Å². The lowest BCUT2D eigenvalue weighted by Gasteiger charge is -2.14. The molecule has 78 valence electrons. The lowest BCUT2D eigenvalue weighted by Crippen LogP contribution is -2.05. The van der Waals surface area contributed by atoms with Crippen molar-refractivity contribution in [1.29, 1.82) is 0 Å². The molecule has 1 aliphatic heterocycles. The van der Waals surface area contributed by atoms with Gasteiger partial charge in [-0.25, -0.2) is 4.79 Å². The van der Waals surface area contributed by atoms with Gasteiger partial charge in [-0.2, -0.15) is 0 Å². The van der Waals surface area contributed by atoms with Crippen LogP contribution in [0.5, 0.6) is 5.75 Å². The highest BCUT2D eigenvalue weighted by molar-refractivity contribution is 9.10. The van der Waals surface area contributed by atoms with Gasteiger partial charge in [-0.3, -0.25) is 0 Å². The Labute approximate surface area is 95.8 Å². The minimum atomic E-state index is -0.350. The average molecular weight is 269 g/mol. The van der Waals surface area contributed by atoms with E-state index in [1.807, 2.05) is 12.2 Å². The Morgan fingerprint density at radius 2 is 2.33 bits per heavy atom. The van der Waals surface area contributed by atoms with E-state index in [-0.39, 0.29) is 5.97 Å². The minimum Gasteiger partial charge on any atom is -0.488 e. The van der Waals surface area contributed by atoms with E-state index >= 15 is 0 Å². The molecule has 4 heteroatoms. The summed E-state index contributed by atoms with van der Waals surface area (Å²) in [5.74, 6) is 0.419. The summed E-state index contributed by atoms with van der Waals surface area (Å²) in [5.41, 5.74) is 1.40. The second-order valence-corrected chi connectivity index (χ2v) is 3.94. The summed E-state index contributed by atoms with van der Waals surface area (Å²) in [7, 11) is 1.36. The maximum absolute atomic E-state index is 11.3. The highest BCUT2D eigenvalue weighted by Gasteiger charge is 2.15. The van der Waals surface area contributed by atoms with Crippen LogP contribution in [0.4, 0.5) is 0 Å². The summed E-state index contributed by atoms with van der Waals surface area (Å²) < 4.78 is 10.9. The molecule has 0 bridgehead atoms. The molecule has 0 aromatic heterocycles. The number of rotatable bonds is 1. The summed E-state index contributed by atoms with van der Waals surface area (Å²) in [6, 6.07) is 3.45. The van der Waals surface area contributed by atoms with E-state index in [0.717, 1.165) is 15.8 Å². The summed E-state index contributed by atoms with van der Waals surface area (Å²) in [6.45, 7) is 0.559. The molecule has 15 heavy (non-hydrogen) atoms. The molecule has 1 heterocycles. The van der Waals surface area contributed by atoms with Gasteiger partial charge in [0, 0.05) is 5.56 Å². The van der Waals surface area contributed by atoms with Crippen molar-refractivity contribution in [1.82, 2.24) is 0 Å². The Bertz CT molecular complexity index is 438. The largest absolute Gasteiger partial charge is 0.488 e. The number of methoxy groups -OCH3 is 1. The van der Waals surface area contributed by atoms with Crippen molar-refractivity contribution in [2.75, 3.05) is 13.7 Å². The second-order valence-electron chi connectivity index (χ2n) is 3.08. The molecule has 1 aromatic rings. The van der Waals surface area contributed by atoms with Gasteiger partial charge in [0.1, 0.15) is 12.4 Å². The van der Waals surface area contributed by atoms with Crippen molar-refractivity contribution in [2.45, 2.75) is 0 Å². The molecular weight excluding hydrogens is 260 g/mol. The van der Waals surface area contributed by atoms with E-state index in [1.54, 1.807) is 12.1 Å². The summed E-state index contributed by atoms with van der Waals surface area (Å²) in [4.78, 5) is 11.3. The third kappa shape index (κ3) is 1.90. The first-order valence-corrected chi connectivity index (χ1v) is 5.23. The first-order valence-electron chi connectivity index (χ1n) is 4.43. The molecule has 0 fully saturated rings. The number of hydrogen-bond acceptors (Lipinski definition) is 3. The third-order valence-electron chi connectivity index (χ3n) is 2.11. The van der Waals surface area contributed by atoms with Crippen LogP contribution in [0.25, 0.3) is 6.08 Å². The summed E-state index contributed by atoms with van der Waals surface area (Å²) in [6.07, 6.45) is 3.83. The molecule has 0 spiro atoms. The molecule has 0 atom stereocenters. The van der Waals surface area contributed by atoms with Gasteiger partial charge in [0.05, 0.1) is 17.1 Å². The topological polar surface area (TPSA) is 35.5 Å². The van der Waals surface area contributed by atoms with Crippen molar-refractivity contribution in [3.63, 3.8) is 0 Å². The van der Waals surface area contributed by atoms with E-state index in [1.165, 1.54) is 7.11 Å². The zero-order valence-corrected chi connectivity index (χ0v) is 9.71. The minimum absolute atomic E-state index is 0.350. The van der Waals surface area contributed by atoms with Crippen molar-refractivity contribution >= 4 is 28.0 Å². The molecule has 1 aliphatic rings. The Kier molecular flexibility index (Phi) is 2.77. The van der Waals surface area contributed by atoms with Gasteiger partial charge in [0.2, 0.25) is 0 Å². The van der Waals surface area contributed by atoms with Gasteiger partial charge in [-0.15, -0.1) is 0 Å². The SMILES string of the molecule is COC(=O)c1cc(Br)c2c(c1)C=CCO2. The van der Waals surface area contributed by atoms with Crippen molar-refractivity contribution in [3.8, 4) is 5.75 Å². The molecule has 0 unspecified atom stereocenters. The number of esters is 1. The fourth-order valence-electron chi connectivity index (χ4n) is 1.43. The van der Waals surface area contributed by atoms with Crippen LogP contribution in [0, 0.1) is 0 Å². The molecule has 0 amide bonds. The predicted molar refractivity (Wildman–Crippen MR) is 60.0 cm³/mol. The van der Waals surface area contributed by atoms with Gasteiger partial charge in [-0.05, 0) is 34.1 Å². The Hall–Kier alpha value is -1.29. The molecule has 3 nitrogen and oxygen atoms in total. The van der Waals surface area contributed by atoms with Gasteiger partial charge >= 0.3 is 5.97 Å². The number of carbonyl (C=O) groups excluding carboxylic acids is 1. The molecule has 1 aromatic carbocycles. The van der Waals surface area contributed by atoms with Crippen LogP contribution in [0.1, 0.15) is 15.9 Å². The first-order chi connectivity index (χ1) is 7.22. The van der Waals surface area contributed by atoms with E-state index < -0.39 is 0 Å². The number of halogens is 1. The molecule has 0 N–H and O–H groups in total. The standard InChI is InChI=1S/C11H9BrO3/c1-14-11(13)8-5-7-3-2-4-15-10(7)9(12)6-8/h2-3,5-6H,4H2,1H3. The van der Waals surface area contributed by atoms with Crippen molar-refractivity contribution < 1.29 is 14.3 Å². The normalized spacial score (nSPS) is 12.9. The highest BCUT2D eigenvalue weighted by Crippen LogP contribution is 2.33. The Morgan fingerprint density at radius 3 is 3.07 bits per heavy atom. The Morgan fingerprint density at radius 1 is 1.53 bits per heavy atom. The smallest absolute Gasteiger partial charge is 0.337 e. The van der Waals surface area contributed by atoms with Gasteiger partial charge in [0.15, 0.2) is 0 Å². The number of carbonyl (C=O) groups is 1. The zero-order valence-electron chi connectivity index (χ0n) is 8.12. The molecule has 0 saturated heterocycles. The molecule has 0 radical (unpaired) electrons. The Balaban J connectivity index is 2.51. The number of benzene rings is 1. The van der Waals surface area contributed by atoms with E-state index in [9.17, 15) is 4.79 Å². The van der Waals surface area contributed by atoms with E-state index in [0.29, 0.717) is 12.2 Å². The van der Waals surface area contributed by atoms with Crippen molar-refractivity contribution in [2.24, 2.45) is 0 Å². The van der Waals surface area contributed by atoms with Gasteiger partial charge in [0.25, 0.3) is 0 Å². The molecular formula is C11H9BrO3. The summed E-state index contributed by atoms with van der Waals surface area (Å²) in [5, 5.41) is 0. The maximum atomic E-state index is 11.3. The predicted octanol–water partition coefficient (Wildman–Crippen LogP) is 2.64.